The summed E-state index contributed by atoms with van der Waals surface area (Å²) < 4.78 is 13.9. The summed E-state index contributed by atoms with van der Waals surface area (Å²) in [5, 5.41) is 3.71. The fourth-order valence-corrected chi connectivity index (χ4v) is 3.41. The molecule has 3 heteroatoms. The second-order valence-electron chi connectivity index (χ2n) is 6.29. The first-order valence-electron chi connectivity index (χ1n) is 8.41. The molecule has 0 heterocycles. The van der Waals surface area contributed by atoms with Gasteiger partial charge in [0.15, 0.2) is 0 Å². The van der Waals surface area contributed by atoms with Gasteiger partial charge in [0.1, 0.15) is 5.82 Å². The van der Waals surface area contributed by atoms with E-state index >= 15 is 0 Å². The Kier molecular flexibility index (Phi) is 6.50. The normalized spacial score (nSPS) is 22.8. The molecule has 0 radical (unpaired) electrons. The number of benzene rings is 1. The van der Waals surface area contributed by atoms with Gasteiger partial charge in [-0.1, -0.05) is 38.3 Å². The van der Waals surface area contributed by atoms with Crippen LogP contribution in [0.4, 0.5) is 10.1 Å². The van der Waals surface area contributed by atoms with E-state index in [1.165, 1.54) is 38.5 Å². The predicted molar refractivity (Wildman–Crippen MR) is 88.3 cm³/mol. The highest BCUT2D eigenvalue weighted by Crippen LogP contribution is 2.26. The van der Waals surface area contributed by atoms with E-state index in [9.17, 15) is 4.39 Å². The molecule has 21 heavy (non-hydrogen) atoms. The molecule has 0 bridgehead atoms. The van der Waals surface area contributed by atoms with E-state index in [1.807, 2.05) is 19.2 Å². The molecule has 118 valence electrons. The van der Waals surface area contributed by atoms with Gasteiger partial charge in [-0.25, -0.2) is 4.39 Å². The summed E-state index contributed by atoms with van der Waals surface area (Å²) in [7, 11) is 2.01. The van der Waals surface area contributed by atoms with Crippen molar-refractivity contribution in [2.24, 2.45) is 5.92 Å². The predicted octanol–water partition coefficient (Wildman–Crippen LogP) is 4.21. The van der Waals surface area contributed by atoms with E-state index in [2.05, 4.69) is 17.1 Å². The zero-order chi connectivity index (χ0) is 15.1. The Bertz CT molecular complexity index is 421. The minimum Gasteiger partial charge on any atom is -0.372 e. The van der Waals surface area contributed by atoms with E-state index in [0.29, 0.717) is 12.0 Å². The van der Waals surface area contributed by atoms with Crippen LogP contribution in [-0.4, -0.2) is 26.2 Å². The van der Waals surface area contributed by atoms with Crippen molar-refractivity contribution in [3.63, 3.8) is 0 Å². The van der Waals surface area contributed by atoms with Gasteiger partial charge in [-0.05, 0) is 43.9 Å². The lowest BCUT2D eigenvalue weighted by Gasteiger charge is -2.31. The van der Waals surface area contributed by atoms with E-state index in [1.54, 1.807) is 12.1 Å². The number of halogens is 1. The zero-order valence-electron chi connectivity index (χ0n) is 13.4. The van der Waals surface area contributed by atoms with E-state index in [4.69, 9.17) is 0 Å². The Morgan fingerprint density at radius 2 is 1.95 bits per heavy atom. The van der Waals surface area contributed by atoms with Crippen molar-refractivity contribution in [3.05, 3.63) is 30.1 Å². The maximum Gasteiger partial charge on any atom is 0.146 e. The number of hydrogen-bond acceptors (Lipinski definition) is 2. The van der Waals surface area contributed by atoms with Crippen LogP contribution < -0.4 is 10.2 Å². The maximum absolute atomic E-state index is 13.9. The lowest BCUT2D eigenvalue weighted by Crippen LogP contribution is -2.41. The number of nitrogens with zero attached hydrogens (tertiary/aromatic N) is 1. The average molecular weight is 292 g/mol. The highest BCUT2D eigenvalue weighted by molar-refractivity contribution is 5.46. The number of hydrogen-bond donors (Lipinski definition) is 1. The van der Waals surface area contributed by atoms with Crippen LogP contribution in [0, 0.1) is 11.7 Å². The van der Waals surface area contributed by atoms with Crippen molar-refractivity contribution in [2.45, 2.75) is 51.5 Å². The molecule has 0 aliphatic heterocycles. The number of para-hydroxylation sites is 1. The second kappa shape index (κ2) is 8.38. The molecule has 1 aromatic rings. The molecular formula is C18H29FN2. The van der Waals surface area contributed by atoms with Crippen LogP contribution >= 0.6 is 0 Å². The summed E-state index contributed by atoms with van der Waals surface area (Å²) in [5.74, 6) is 0.496. The molecule has 1 saturated carbocycles. The van der Waals surface area contributed by atoms with Crippen LogP contribution in [0.25, 0.3) is 0 Å². The lowest BCUT2D eigenvalue weighted by molar-refractivity contribution is 0.337. The van der Waals surface area contributed by atoms with Gasteiger partial charge >= 0.3 is 0 Å². The van der Waals surface area contributed by atoms with Gasteiger partial charge < -0.3 is 10.2 Å². The van der Waals surface area contributed by atoms with E-state index < -0.39 is 0 Å². The third-order valence-electron chi connectivity index (χ3n) is 4.59. The third-order valence-corrected chi connectivity index (χ3v) is 4.59. The van der Waals surface area contributed by atoms with Crippen LogP contribution in [0.5, 0.6) is 0 Å². The number of anilines is 1. The van der Waals surface area contributed by atoms with Gasteiger partial charge in [0.05, 0.1) is 5.69 Å². The molecule has 0 saturated heterocycles. The van der Waals surface area contributed by atoms with Crippen LogP contribution in [0.3, 0.4) is 0 Å². The van der Waals surface area contributed by atoms with E-state index in [-0.39, 0.29) is 5.82 Å². The topological polar surface area (TPSA) is 15.3 Å². The molecule has 1 aliphatic carbocycles. The largest absolute Gasteiger partial charge is 0.372 e. The number of nitrogens with one attached hydrogen (secondary N) is 1. The lowest BCUT2D eigenvalue weighted by atomic mass is 9.93. The van der Waals surface area contributed by atoms with Crippen molar-refractivity contribution >= 4 is 5.69 Å². The molecule has 2 atom stereocenters. The Labute approximate surface area is 128 Å². The first kappa shape index (κ1) is 16.3. The molecule has 1 aliphatic rings. The summed E-state index contributed by atoms with van der Waals surface area (Å²) in [4.78, 5) is 2.09. The SMILES string of the molecule is CCCNC1CCCCCC1CN(C)c1ccccc1F. The van der Waals surface area contributed by atoms with Gasteiger partial charge in [-0.3, -0.25) is 0 Å². The van der Waals surface area contributed by atoms with E-state index in [0.717, 1.165) is 18.8 Å². The molecule has 1 fully saturated rings. The third kappa shape index (κ3) is 4.70. The van der Waals surface area contributed by atoms with Crippen LogP contribution in [-0.2, 0) is 0 Å². The van der Waals surface area contributed by atoms with Gasteiger partial charge in [-0.15, -0.1) is 0 Å². The molecule has 2 rings (SSSR count). The molecule has 0 spiro atoms. The van der Waals surface area contributed by atoms with Gasteiger partial charge in [-0.2, -0.15) is 0 Å². The molecule has 0 aromatic heterocycles. The van der Waals surface area contributed by atoms with Crippen molar-refractivity contribution in [1.82, 2.24) is 5.32 Å². The molecular weight excluding hydrogens is 263 g/mol. The second-order valence-corrected chi connectivity index (χ2v) is 6.29. The quantitative estimate of drug-likeness (QED) is 0.790. The van der Waals surface area contributed by atoms with Crippen molar-refractivity contribution in [3.8, 4) is 0 Å². The van der Waals surface area contributed by atoms with Gasteiger partial charge in [0.2, 0.25) is 0 Å². The Morgan fingerprint density at radius 1 is 1.19 bits per heavy atom. The fourth-order valence-electron chi connectivity index (χ4n) is 3.41. The zero-order valence-corrected chi connectivity index (χ0v) is 13.4. The average Bonchev–Trinajstić information content (AvgIpc) is 2.71. The highest BCUT2D eigenvalue weighted by atomic mass is 19.1. The maximum atomic E-state index is 13.9. The summed E-state index contributed by atoms with van der Waals surface area (Å²) >= 11 is 0. The number of rotatable bonds is 6. The van der Waals surface area contributed by atoms with Crippen LogP contribution in [0.1, 0.15) is 45.4 Å². The van der Waals surface area contributed by atoms with Crippen LogP contribution in [0.2, 0.25) is 0 Å². The highest BCUT2D eigenvalue weighted by Gasteiger charge is 2.24. The van der Waals surface area contributed by atoms with Crippen LogP contribution in [0.15, 0.2) is 24.3 Å². The summed E-state index contributed by atoms with van der Waals surface area (Å²) in [6, 6.07) is 7.67. The minimum absolute atomic E-state index is 0.119. The molecule has 2 unspecified atom stereocenters. The first-order valence-corrected chi connectivity index (χ1v) is 8.41. The smallest absolute Gasteiger partial charge is 0.146 e. The fraction of sp³-hybridized carbons (Fsp3) is 0.667. The standard InChI is InChI=1S/C18H29FN2/c1-3-13-20-17-11-6-4-5-9-15(17)14-21(2)18-12-8-7-10-16(18)19/h7-8,10,12,15,17,20H,3-6,9,11,13-14H2,1-2H3. The Morgan fingerprint density at radius 3 is 2.71 bits per heavy atom. The molecule has 1 aromatic carbocycles. The summed E-state index contributed by atoms with van der Waals surface area (Å²) in [5.41, 5.74) is 0.719. The monoisotopic (exact) mass is 292 g/mol. The molecule has 1 N–H and O–H groups in total. The molecule has 0 amide bonds. The molecule has 2 nitrogen and oxygen atoms in total. The summed E-state index contributed by atoms with van der Waals surface area (Å²) in [6.07, 6.45) is 7.65. The van der Waals surface area contributed by atoms with Crippen molar-refractivity contribution in [1.29, 1.82) is 0 Å². The van der Waals surface area contributed by atoms with Gasteiger partial charge in [0.25, 0.3) is 0 Å². The van der Waals surface area contributed by atoms with Crippen molar-refractivity contribution < 1.29 is 4.39 Å². The Hall–Kier alpha value is -1.09. The Balaban J connectivity index is 2.01. The minimum atomic E-state index is -0.119. The summed E-state index contributed by atoms with van der Waals surface area (Å²) in [6.45, 7) is 4.23. The van der Waals surface area contributed by atoms with Crippen molar-refractivity contribution in [2.75, 3.05) is 25.0 Å². The first-order chi connectivity index (χ1) is 10.2. The van der Waals surface area contributed by atoms with Gasteiger partial charge in [0, 0.05) is 19.6 Å².